The molecule has 0 aliphatic carbocycles. The Morgan fingerprint density at radius 3 is 2.07 bits per heavy atom. The minimum absolute atomic E-state index is 0.0149. The summed E-state index contributed by atoms with van der Waals surface area (Å²) in [6, 6.07) is 11.3. The Kier molecular flexibility index (Phi) is 5.61. The number of carbonyl (C=O) groups excluding carboxylic acids is 4. The van der Waals surface area contributed by atoms with Crippen LogP contribution in [0.25, 0.3) is 0 Å². The summed E-state index contributed by atoms with van der Waals surface area (Å²) in [6.07, 6.45) is 0.0299. The van der Waals surface area contributed by atoms with Gasteiger partial charge in [-0.25, -0.2) is 5.01 Å². The number of rotatable bonds is 5. The fraction of sp³-hybridized carbons (Fsp3) is 0.238. The molecule has 2 aromatic rings. The topological polar surface area (TPSA) is 74.8 Å². The highest BCUT2D eigenvalue weighted by Crippen LogP contribution is 2.20. The van der Waals surface area contributed by atoms with Gasteiger partial charge in [-0.1, -0.05) is 23.7 Å². The third-order valence-corrected chi connectivity index (χ3v) is 4.97. The molecule has 0 saturated carbocycles. The summed E-state index contributed by atoms with van der Waals surface area (Å²) in [5.41, 5.74) is 2.62. The molecule has 0 bridgehead atoms. The van der Waals surface area contributed by atoms with Gasteiger partial charge in [-0.15, -0.1) is 0 Å². The number of benzene rings is 2. The van der Waals surface area contributed by atoms with Gasteiger partial charge in [0.1, 0.15) is 6.54 Å². The average molecular weight is 399 g/mol. The smallest absolute Gasteiger partial charge is 0.273 e. The summed E-state index contributed by atoms with van der Waals surface area (Å²) in [5.74, 6) is -1.98. The van der Waals surface area contributed by atoms with Crippen LogP contribution >= 0.6 is 11.6 Å². The van der Waals surface area contributed by atoms with Crippen LogP contribution in [0.3, 0.4) is 0 Å². The number of hydrogen-bond donors (Lipinski definition) is 0. The number of halogens is 1. The first-order valence-electron chi connectivity index (χ1n) is 8.81. The molecule has 0 unspecified atom stereocenters. The van der Waals surface area contributed by atoms with E-state index in [0.29, 0.717) is 10.6 Å². The van der Waals surface area contributed by atoms with Crippen LogP contribution in [-0.2, 0) is 9.59 Å². The van der Waals surface area contributed by atoms with Gasteiger partial charge in [-0.3, -0.25) is 19.2 Å². The molecule has 3 amide bonds. The maximum Gasteiger partial charge on any atom is 0.273 e. The van der Waals surface area contributed by atoms with Gasteiger partial charge in [0.05, 0.1) is 0 Å². The lowest BCUT2D eigenvalue weighted by atomic mass is 10.0. The van der Waals surface area contributed by atoms with E-state index in [1.54, 1.807) is 12.1 Å². The lowest BCUT2D eigenvalue weighted by Crippen LogP contribution is -2.51. The standard InChI is InChI=1S/C21H19ClN2O4/c1-13-3-4-16(11-14(13)2)18(25)12-23(24-19(26)9-10-20(24)27)21(28)15-5-7-17(22)8-6-15/h3-8,11H,9-10,12H2,1-2H3. The Balaban J connectivity index is 1.93. The van der Waals surface area contributed by atoms with Crippen LogP contribution in [0.15, 0.2) is 42.5 Å². The molecule has 144 valence electrons. The van der Waals surface area contributed by atoms with Gasteiger partial charge in [0, 0.05) is 29.0 Å². The average Bonchev–Trinajstić information content (AvgIpc) is 3.00. The van der Waals surface area contributed by atoms with Gasteiger partial charge in [-0.05, 0) is 55.3 Å². The maximum atomic E-state index is 13.0. The van der Waals surface area contributed by atoms with E-state index in [1.807, 2.05) is 19.9 Å². The fourth-order valence-corrected chi connectivity index (χ4v) is 3.08. The van der Waals surface area contributed by atoms with Gasteiger partial charge in [0.15, 0.2) is 5.78 Å². The lowest BCUT2D eigenvalue weighted by Gasteiger charge is -2.29. The summed E-state index contributed by atoms with van der Waals surface area (Å²) < 4.78 is 0. The van der Waals surface area contributed by atoms with Crippen LogP contribution in [0.1, 0.15) is 44.7 Å². The molecule has 0 atom stereocenters. The zero-order valence-electron chi connectivity index (χ0n) is 15.6. The maximum absolute atomic E-state index is 13.0. The van der Waals surface area contributed by atoms with Gasteiger partial charge >= 0.3 is 0 Å². The molecular formula is C21H19ClN2O4. The quantitative estimate of drug-likeness (QED) is 0.571. The van der Waals surface area contributed by atoms with Crippen molar-refractivity contribution in [1.29, 1.82) is 0 Å². The van der Waals surface area contributed by atoms with Gasteiger partial charge < -0.3 is 0 Å². The van der Waals surface area contributed by atoms with Crippen molar-refractivity contribution in [3.05, 3.63) is 69.7 Å². The number of hydrogen-bond acceptors (Lipinski definition) is 4. The monoisotopic (exact) mass is 398 g/mol. The number of Topliss-reactive ketones (excluding diaryl/α,β-unsaturated/α-hetero) is 1. The van der Waals surface area contributed by atoms with Crippen molar-refractivity contribution in [2.75, 3.05) is 6.54 Å². The zero-order chi connectivity index (χ0) is 20.4. The van der Waals surface area contributed by atoms with E-state index < -0.39 is 24.3 Å². The van der Waals surface area contributed by atoms with Crippen LogP contribution in [0.2, 0.25) is 5.02 Å². The summed E-state index contributed by atoms with van der Waals surface area (Å²) in [4.78, 5) is 50.2. The molecule has 6 nitrogen and oxygen atoms in total. The number of nitrogens with zero attached hydrogens (tertiary/aromatic N) is 2. The van der Waals surface area contributed by atoms with E-state index in [1.165, 1.54) is 24.3 Å². The molecule has 1 heterocycles. The third kappa shape index (κ3) is 3.97. The molecule has 0 spiro atoms. The largest absolute Gasteiger partial charge is 0.292 e. The third-order valence-electron chi connectivity index (χ3n) is 4.71. The first kappa shape index (κ1) is 19.8. The van der Waals surface area contributed by atoms with E-state index in [-0.39, 0.29) is 24.2 Å². The van der Waals surface area contributed by atoms with Gasteiger partial charge in [0.25, 0.3) is 5.91 Å². The van der Waals surface area contributed by atoms with Crippen LogP contribution in [-0.4, -0.2) is 40.1 Å². The lowest BCUT2D eigenvalue weighted by molar-refractivity contribution is -0.152. The van der Waals surface area contributed by atoms with Crippen molar-refractivity contribution < 1.29 is 19.2 Å². The Morgan fingerprint density at radius 1 is 0.929 bits per heavy atom. The number of imide groups is 1. The Morgan fingerprint density at radius 2 is 1.50 bits per heavy atom. The molecule has 7 heteroatoms. The van der Waals surface area contributed by atoms with E-state index in [2.05, 4.69) is 0 Å². The predicted molar refractivity (Wildman–Crippen MR) is 104 cm³/mol. The Labute approximate surface area is 167 Å². The number of ketones is 1. The van der Waals surface area contributed by atoms with E-state index in [9.17, 15) is 19.2 Å². The summed E-state index contributed by atoms with van der Waals surface area (Å²) in [6.45, 7) is 3.40. The molecular weight excluding hydrogens is 380 g/mol. The molecule has 1 aliphatic heterocycles. The van der Waals surface area contributed by atoms with Crippen LogP contribution in [0.5, 0.6) is 0 Å². The number of aryl methyl sites for hydroxylation is 2. The SMILES string of the molecule is Cc1ccc(C(=O)CN(C(=O)c2ccc(Cl)cc2)N2C(=O)CCC2=O)cc1C. The number of carbonyl (C=O) groups is 4. The second kappa shape index (κ2) is 7.94. The second-order valence-electron chi connectivity index (χ2n) is 6.69. The van der Waals surface area contributed by atoms with E-state index in [4.69, 9.17) is 11.6 Å². The summed E-state index contributed by atoms with van der Waals surface area (Å²) >= 11 is 5.86. The van der Waals surface area contributed by atoms with Crippen molar-refractivity contribution in [1.82, 2.24) is 10.0 Å². The fourth-order valence-electron chi connectivity index (χ4n) is 2.95. The first-order chi connectivity index (χ1) is 13.3. The highest BCUT2D eigenvalue weighted by molar-refractivity contribution is 6.30. The van der Waals surface area contributed by atoms with Crippen molar-refractivity contribution in [2.24, 2.45) is 0 Å². The molecule has 1 fully saturated rings. The molecule has 0 radical (unpaired) electrons. The van der Waals surface area contributed by atoms with Gasteiger partial charge in [0.2, 0.25) is 11.8 Å². The minimum Gasteiger partial charge on any atom is -0.292 e. The molecule has 1 aliphatic rings. The van der Waals surface area contributed by atoms with E-state index >= 15 is 0 Å². The van der Waals surface area contributed by atoms with Crippen LogP contribution < -0.4 is 0 Å². The highest BCUT2D eigenvalue weighted by atomic mass is 35.5. The number of hydrazine groups is 1. The first-order valence-corrected chi connectivity index (χ1v) is 9.19. The molecule has 0 N–H and O–H groups in total. The molecule has 2 aromatic carbocycles. The van der Waals surface area contributed by atoms with E-state index in [0.717, 1.165) is 21.1 Å². The molecule has 3 rings (SSSR count). The van der Waals surface area contributed by atoms with Crippen molar-refractivity contribution in [2.45, 2.75) is 26.7 Å². The highest BCUT2D eigenvalue weighted by Gasteiger charge is 2.38. The Bertz CT molecular complexity index is 953. The molecule has 28 heavy (non-hydrogen) atoms. The van der Waals surface area contributed by atoms with Crippen LogP contribution in [0.4, 0.5) is 0 Å². The van der Waals surface area contributed by atoms with Gasteiger partial charge in [-0.2, -0.15) is 5.01 Å². The second-order valence-corrected chi connectivity index (χ2v) is 7.13. The van der Waals surface area contributed by atoms with Crippen LogP contribution in [0, 0.1) is 13.8 Å². The van der Waals surface area contributed by atoms with Crippen molar-refractivity contribution in [3.8, 4) is 0 Å². The van der Waals surface area contributed by atoms with Crippen molar-refractivity contribution >= 4 is 35.1 Å². The zero-order valence-corrected chi connectivity index (χ0v) is 16.3. The normalized spacial score (nSPS) is 13.8. The Hall–Kier alpha value is -2.99. The minimum atomic E-state index is -0.613. The number of amides is 3. The molecule has 0 aromatic heterocycles. The predicted octanol–water partition coefficient (Wildman–Crippen LogP) is 3.35. The van der Waals surface area contributed by atoms with Crippen molar-refractivity contribution in [3.63, 3.8) is 0 Å². The molecule has 1 saturated heterocycles. The summed E-state index contributed by atoms with van der Waals surface area (Å²) in [7, 11) is 0. The summed E-state index contributed by atoms with van der Waals surface area (Å²) in [5, 5.41) is 2.16.